The monoisotopic (exact) mass is 213 g/mol. The van der Waals surface area contributed by atoms with E-state index in [1.807, 2.05) is 6.92 Å². The molecular weight excluding hydrogens is 186 g/mol. The lowest BCUT2D eigenvalue weighted by Crippen LogP contribution is -2.31. The molecule has 0 aromatic carbocycles. The van der Waals surface area contributed by atoms with E-state index in [0.29, 0.717) is 0 Å². The van der Waals surface area contributed by atoms with Crippen LogP contribution in [-0.2, 0) is 4.74 Å². The maximum atomic E-state index is 5.34. The third kappa shape index (κ3) is 7.57. The Hall–Kier alpha value is -0.340. The van der Waals surface area contributed by atoms with E-state index in [1.54, 1.807) is 0 Å². The van der Waals surface area contributed by atoms with Crippen LogP contribution in [0.2, 0.25) is 0 Å². The molecule has 0 rings (SSSR count). The van der Waals surface area contributed by atoms with Crippen molar-refractivity contribution in [2.24, 2.45) is 5.41 Å². The minimum atomic E-state index is 0.215. The molecule has 0 aromatic heterocycles. The minimum absolute atomic E-state index is 0.215. The third-order valence-corrected chi connectivity index (χ3v) is 2.69. The average molecular weight is 213 g/mol. The summed E-state index contributed by atoms with van der Waals surface area (Å²) in [6, 6.07) is 0. The predicted molar refractivity (Wildman–Crippen MR) is 67.2 cm³/mol. The second-order valence-corrected chi connectivity index (χ2v) is 4.34. The van der Waals surface area contributed by atoms with E-state index in [4.69, 9.17) is 4.74 Å². The summed E-state index contributed by atoms with van der Waals surface area (Å²) in [6.45, 7) is 14.2. The van der Waals surface area contributed by atoms with Crippen molar-refractivity contribution >= 4 is 0 Å². The molecule has 0 aliphatic carbocycles. The van der Waals surface area contributed by atoms with E-state index < -0.39 is 0 Å². The van der Waals surface area contributed by atoms with Gasteiger partial charge in [-0.15, -0.1) is 6.58 Å². The molecule has 0 bridgehead atoms. The predicted octanol–water partition coefficient (Wildman–Crippen LogP) is 3.00. The first-order valence-electron chi connectivity index (χ1n) is 6.10. The van der Waals surface area contributed by atoms with Gasteiger partial charge in [0.2, 0.25) is 0 Å². The van der Waals surface area contributed by atoms with Crippen LogP contribution >= 0.6 is 0 Å². The van der Waals surface area contributed by atoms with Crippen molar-refractivity contribution in [3.63, 3.8) is 0 Å². The number of rotatable bonds is 10. The van der Waals surface area contributed by atoms with Crippen LogP contribution in [0.3, 0.4) is 0 Å². The third-order valence-electron chi connectivity index (χ3n) is 2.69. The summed E-state index contributed by atoms with van der Waals surface area (Å²) in [5.41, 5.74) is 0.215. The second-order valence-electron chi connectivity index (χ2n) is 4.34. The van der Waals surface area contributed by atoms with Gasteiger partial charge in [0.15, 0.2) is 0 Å². The Labute approximate surface area is 95.1 Å². The Balaban J connectivity index is 3.70. The summed E-state index contributed by atoms with van der Waals surface area (Å²) < 4.78 is 5.34. The summed E-state index contributed by atoms with van der Waals surface area (Å²) in [5, 5.41) is 3.46. The van der Waals surface area contributed by atoms with Crippen molar-refractivity contribution in [2.45, 2.75) is 40.0 Å². The van der Waals surface area contributed by atoms with Gasteiger partial charge in [-0.05, 0) is 38.1 Å². The number of hydrogen-bond donors (Lipinski definition) is 1. The van der Waals surface area contributed by atoms with Gasteiger partial charge in [0, 0.05) is 19.8 Å². The van der Waals surface area contributed by atoms with Crippen LogP contribution in [0.15, 0.2) is 12.7 Å². The molecule has 1 N–H and O–H groups in total. The lowest BCUT2D eigenvalue weighted by molar-refractivity contribution is 0.135. The molecular formula is C13H27NO. The lowest BCUT2D eigenvalue weighted by Gasteiger charge is -2.26. The molecule has 0 aliphatic rings. The molecule has 0 aliphatic heterocycles. The molecule has 2 nitrogen and oxygen atoms in total. The van der Waals surface area contributed by atoms with Crippen molar-refractivity contribution in [1.29, 1.82) is 0 Å². The van der Waals surface area contributed by atoms with Gasteiger partial charge in [-0.1, -0.05) is 19.9 Å². The van der Waals surface area contributed by atoms with Crippen molar-refractivity contribution in [3.8, 4) is 0 Å². The van der Waals surface area contributed by atoms with Gasteiger partial charge in [-0.25, -0.2) is 0 Å². The van der Waals surface area contributed by atoms with E-state index >= 15 is 0 Å². The summed E-state index contributed by atoms with van der Waals surface area (Å²) in [7, 11) is 0. The molecule has 15 heavy (non-hydrogen) atoms. The van der Waals surface area contributed by atoms with Crippen molar-refractivity contribution < 1.29 is 4.74 Å². The molecule has 0 radical (unpaired) electrons. The van der Waals surface area contributed by atoms with Crippen LogP contribution in [0.1, 0.15) is 40.0 Å². The fourth-order valence-electron chi connectivity index (χ4n) is 1.54. The highest BCUT2D eigenvalue weighted by Gasteiger charge is 2.18. The zero-order valence-corrected chi connectivity index (χ0v) is 10.6. The van der Waals surface area contributed by atoms with Gasteiger partial charge < -0.3 is 10.1 Å². The number of nitrogens with one attached hydrogen (secondary N) is 1. The highest BCUT2D eigenvalue weighted by atomic mass is 16.5. The quantitative estimate of drug-likeness (QED) is 0.445. The van der Waals surface area contributed by atoms with E-state index in [0.717, 1.165) is 39.1 Å². The molecule has 2 heteroatoms. The fourth-order valence-corrected chi connectivity index (χ4v) is 1.54. The van der Waals surface area contributed by atoms with Crippen LogP contribution in [0.5, 0.6) is 0 Å². The Morgan fingerprint density at radius 3 is 2.67 bits per heavy atom. The Bertz CT molecular complexity index is 159. The summed E-state index contributed by atoms with van der Waals surface area (Å²) >= 11 is 0. The molecule has 0 saturated carbocycles. The summed E-state index contributed by atoms with van der Waals surface area (Å²) in [4.78, 5) is 0. The number of ether oxygens (including phenoxy) is 1. The molecule has 0 heterocycles. The molecule has 1 atom stereocenters. The molecule has 0 fully saturated rings. The Morgan fingerprint density at radius 1 is 1.40 bits per heavy atom. The molecule has 0 spiro atoms. The van der Waals surface area contributed by atoms with Crippen LogP contribution in [0.4, 0.5) is 0 Å². The zero-order chi connectivity index (χ0) is 11.6. The average Bonchev–Trinajstić information content (AvgIpc) is 2.25. The zero-order valence-electron chi connectivity index (χ0n) is 10.6. The lowest BCUT2D eigenvalue weighted by atomic mass is 9.85. The van der Waals surface area contributed by atoms with E-state index in [-0.39, 0.29) is 5.41 Å². The molecule has 0 saturated heterocycles. The molecule has 0 amide bonds. The highest BCUT2D eigenvalue weighted by Crippen LogP contribution is 2.23. The Kier molecular flexibility index (Phi) is 8.73. The smallest absolute Gasteiger partial charge is 0.0466 e. The SMILES string of the molecule is C=CC(C)(CCCOCC)CNCCC. The maximum absolute atomic E-state index is 5.34. The molecule has 90 valence electrons. The van der Waals surface area contributed by atoms with Crippen LogP contribution < -0.4 is 5.32 Å². The fraction of sp³-hybridized carbons (Fsp3) is 0.846. The van der Waals surface area contributed by atoms with E-state index in [1.165, 1.54) is 6.42 Å². The van der Waals surface area contributed by atoms with Gasteiger partial charge in [-0.3, -0.25) is 0 Å². The van der Waals surface area contributed by atoms with Gasteiger partial charge in [0.1, 0.15) is 0 Å². The van der Waals surface area contributed by atoms with Gasteiger partial charge in [0.05, 0.1) is 0 Å². The standard InChI is InChI=1S/C13H27NO/c1-5-10-14-12-13(4,6-2)9-8-11-15-7-3/h6,14H,2,5,7-12H2,1,3-4H3. The second kappa shape index (κ2) is 8.93. The maximum Gasteiger partial charge on any atom is 0.0466 e. The first-order chi connectivity index (χ1) is 7.18. The first kappa shape index (κ1) is 14.7. The van der Waals surface area contributed by atoms with Gasteiger partial charge >= 0.3 is 0 Å². The normalized spacial score (nSPS) is 14.9. The Morgan fingerprint density at radius 2 is 2.13 bits per heavy atom. The van der Waals surface area contributed by atoms with Crippen molar-refractivity contribution in [3.05, 3.63) is 12.7 Å². The highest BCUT2D eigenvalue weighted by molar-refractivity contribution is 4.92. The van der Waals surface area contributed by atoms with Crippen LogP contribution in [0.25, 0.3) is 0 Å². The minimum Gasteiger partial charge on any atom is -0.382 e. The van der Waals surface area contributed by atoms with Crippen LogP contribution in [0, 0.1) is 5.41 Å². The summed E-state index contributed by atoms with van der Waals surface area (Å²) in [6.07, 6.45) is 5.52. The molecule has 1 unspecified atom stereocenters. The van der Waals surface area contributed by atoms with Crippen molar-refractivity contribution in [2.75, 3.05) is 26.3 Å². The largest absolute Gasteiger partial charge is 0.382 e. The first-order valence-corrected chi connectivity index (χ1v) is 6.10. The van der Waals surface area contributed by atoms with Crippen LogP contribution in [-0.4, -0.2) is 26.3 Å². The van der Waals surface area contributed by atoms with Gasteiger partial charge in [0.25, 0.3) is 0 Å². The van der Waals surface area contributed by atoms with Gasteiger partial charge in [-0.2, -0.15) is 0 Å². The summed E-state index contributed by atoms with van der Waals surface area (Å²) in [5.74, 6) is 0. The number of hydrogen-bond acceptors (Lipinski definition) is 2. The molecule has 0 aromatic rings. The van der Waals surface area contributed by atoms with Crippen molar-refractivity contribution in [1.82, 2.24) is 5.32 Å². The van der Waals surface area contributed by atoms with E-state index in [9.17, 15) is 0 Å². The van der Waals surface area contributed by atoms with E-state index in [2.05, 4.69) is 31.8 Å². The topological polar surface area (TPSA) is 21.3 Å².